The molecule has 0 atom stereocenters. The Balaban J connectivity index is 1.18. The van der Waals surface area contributed by atoms with Gasteiger partial charge in [-0.05, 0) is 72.6 Å². The van der Waals surface area contributed by atoms with E-state index in [1.54, 1.807) is 20.3 Å². The highest BCUT2D eigenvalue weighted by atomic mass is 16.5. The third-order valence-electron chi connectivity index (χ3n) is 7.10. The Morgan fingerprint density at radius 3 is 2.35 bits per heavy atom. The molecule has 2 N–H and O–H groups in total. The van der Waals surface area contributed by atoms with Gasteiger partial charge in [0.05, 0.1) is 26.2 Å². The number of nitrogens with zero attached hydrogens (tertiary/aromatic N) is 1. The molecule has 5 aromatic rings. The molecule has 204 valence electrons. The van der Waals surface area contributed by atoms with E-state index in [1.807, 2.05) is 78.9 Å². The zero-order chi connectivity index (χ0) is 28.1. The van der Waals surface area contributed by atoms with Gasteiger partial charge in [-0.3, -0.25) is 9.59 Å². The number of fused-ring (bicyclic) bond motifs is 2. The minimum absolute atomic E-state index is 0.0310. The number of anilines is 1. The summed E-state index contributed by atoms with van der Waals surface area (Å²) in [5.74, 6) is 1.32. The fraction of sp³-hybridized carbons (Fsp3) is 0.212. The van der Waals surface area contributed by atoms with Crippen LogP contribution in [0.1, 0.15) is 16.7 Å². The highest BCUT2D eigenvalue weighted by molar-refractivity contribution is 5.98. The third-order valence-corrected chi connectivity index (χ3v) is 7.10. The summed E-state index contributed by atoms with van der Waals surface area (Å²) in [4.78, 5) is 31.5. The molecule has 5 rings (SSSR count). The van der Waals surface area contributed by atoms with Crippen LogP contribution in [0.3, 0.4) is 0 Å². The molecule has 0 aliphatic heterocycles. The molecule has 1 aromatic heterocycles. The number of benzene rings is 4. The van der Waals surface area contributed by atoms with Gasteiger partial charge in [-0.15, -0.1) is 0 Å². The molecule has 0 aliphatic rings. The number of rotatable bonds is 10. The Bertz CT molecular complexity index is 1710. The van der Waals surface area contributed by atoms with Crippen LogP contribution in [-0.2, 0) is 24.2 Å². The van der Waals surface area contributed by atoms with Crippen molar-refractivity contribution < 1.29 is 14.3 Å². The van der Waals surface area contributed by atoms with E-state index in [0.717, 1.165) is 53.3 Å². The molecule has 0 spiro atoms. The van der Waals surface area contributed by atoms with Gasteiger partial charge in [-0.1, -0.05) is 42.5 Å². The maximum Gasteiger partial charge on any atom is 0.228 e. The van der Waals surface area contributed by atoms with Gasteiger partial charge in [0, 0.05) is 35.1 Å². The Kier molecular flexibility index (Phi) is 8.12. The first-order valence-electron chi connectivity index (χ1n) is 13.3. The van der Waals surface area contributed by atoms with E-state index in [0.29, 0.717) is 16.3 Å². The lowest BCUT2D eigenvalue weighted by atomic mass is 10.0. The summed E-state index contributed by atoms with van der Waals surface area (Å²) < 4.78 is 10.7. The Labute approximate surface area is 233 Å². The molecule has 0 saturated carbocycles. The quantitative estimate of drug-likeness (QED) is 0.229. The number of pyridine rings is 1. The second kappa shape index (κ2) is 12.1. The van der Waals surface area contributed by atoms with Crippen molar-refractivity contribution in [2.75, 3.05) is 33.1 Å². The second-order valence-electron chi connectivity index (χ2n) is 9.94. The summed E-state index contributed by atoms with van der Waals surface area (Å²) in [6.07, 6.45) is 1.05. The predicted molar refractivity (Wildman–Crippen MR) is 160 cm³/mol. The van der Waals surface area contributed by atoms with E-state index < -0.39 is 0 Å². The van der Waals surface area contributed by atoms with Gasteiger partial charge in [-0.2, -0.15) is 0 Å². The van der Waals surface area contributed by atoms with Crippen molar-refractivity contribution in [1.29, 1.82) is 0 Å². The van der Waals surface area contributed by atoms with E-state index in [9.17, 15) is 9.59 Å². The number of amides is 1. The molecule has 0 unspecified atom stereocenters. The number of para-hydroxylation sites is 2. The lowest BCUT2D eigenvalue weighted by molar-refractivity contribution is -0.115. The number of carbonyl (C=O) groups is 1. The topological polar surface area (TPSA) is 83.7 Å². The molecule has 7 heteroatoms. The van der Waals surface area contributed by atoms with Crippen molar-refractivity contribution in [2.45, 2.75) is 19.4 Å². The molecule has 0 fully saturated rings. The van der Waals surface area contributed by atoms with Crippen molar-refractivity contribution in [2.24, 2.45) is 0 Å². The van der Waals surface area contributed by atoms with E-state index in [2.05, 4.69) is 22.2 Å². The van der Waals surface area contributed by atoms with Crippen LogP contribution >= 0.6 is 0 Å². The number of aromatic nitrogens is 1. The van der Waals surface area contributed by atoms with Crippen LogP contribution < -0.4 is 20.2 Å². The minimum atomic E-state index is -0.135. The van der Waals surface area contributed by atoms with E-state index in [-0.39, 0.29) is 17.8 Å². The molecule has 40 heavy (non-hydrogen) atoms. The average Bonchev–Trinajstić information content (AvgIpc) is 2.97. The molecule has 1 amide bonds. The Morgan fingerprint density at radius 1 is 0.850 bits per heavy atom. The van der Waals surface area contributed by atoms with Crippen molar-refractivity contribution in [1.82, 2.24) is 9.88 Å². The number of hydrogen-bond donors (Lipinski definition) is 2. The van der Waals surface area contributed by atoms with Crippen molar-refractivity contribution in [3.63, 3.8) is 0 Å². The summed E-state index contributed by atoms with van der Waals surface area (Å²) in [6.45, 7) is 1.68. The normalized spacial score (nSPS) is 11.2. The maximum absolute atomic E-state index is 13.0. The van der Waals surface area contributed by atoms with E-state index >= 15 is 0 Å². The fourth-order valence-electron chi connectivity index (χ4n) is 4.98. The van der Waals surface area contributed by atoms with Gasteiger partial charge in [0.15, 0.2) is 16.9 Å². The highest BCUT2D eigenvalue weighted by Gasteiger charge is 2.12. The number of likely N-dealkylation sites (N-methyl/N-ethyl adjacent to an activating group) is 1. The summed E-state index contributed by atoms with van der Waals surface area (Å²) in [6, 6.07) is 26.9. The number of methoxy groups -OCH3 is 2. The van der Waals surface area contributed by atoms with Gasteiger partial charge in [0.2, 0.25) is 5.91 Å². The molecular formula is C33H33N3O4. The Hall–Kier alpha value is -4.62. The molecule has 0 saturated heterocycles. The first-order chi connectivity index (χ1) is 19.4. The monoisotopic (exact) mass is 535 g/mol. The summed E-state index contributed by atoms with van der Waals surface area (Å²) in [5.41, 5.74) is 5.30. The number of carbonyl (C=O) groups excluding carboxylic acids is 1. The van der Waals surface area contributed by atoms with Crippen LogP contribution in [0, 0.1) is 0 Å². The van der Waals surface area contributed by atoms with Crippen molar-refractivity contribution >= 4 is 33.4 Å². The number of nitrogens with one attached hydrogen (secondary N) is 2. The number of ether oxygens (including phenoxy) is 2. The zero-order valence-corrected chi connectivity index (χ0v) is 23.0. The highest BCUT2D eigenvalue weighted by Crippen LogP contribution is 2.28. The van der Waals surface area contributed by atoms with Crippen LogP contribution in [0.15, 0.2) is 89.7 Å². The fourth-order valence-corrected chi connectivity index (χ4v) is 4.98. The maximum atomic E-state index is 13.0. The molecule has 0 bridgehead atoms. The lowest BCUT2D eigenvalue weighted by Gasteiger charge is -2.18. The minimum Gasteiger partial charge on any atom is -0.493 e. The van der Waals surface area contributed by atoms with Gasteiger partial charge in [0.1, 0.15) is 0 Å². The van der Waals surface area contributed by atoms with Crippen LogP contribution in [0.25, 0.3) is 21.8 Å². The summed E-state index contributed by atoms with van der Waals surface area (Å²) >= 11 is 0. The first kappa shape index (κ1) is 27.0. The SMILES string of the molecule is COc1ccc(CN(C)CCc2ccc(NC(=O)Cc3cccc4c(=O)c5ccccc5[nH]c34)cc2)cc1OC. The molecule has 7 nitrogen and oxygen atoms in total. The molecular weight excluding hydrogens is 502 g/mol. The van der Waals surface area contributed by atoms with Gasteiger partial charge in [0.25, 0.3) is 0 Å². The number of hydrogen-bond acceptors (Lipinski definition) is 5. The smallest absolute Gasteiger partial charge is 0.228 e. The summed E-state index contributed by atoms with van der Waals surface area (Å²) in [7, 11) is 5.37. The third kappa shape index (κ3) is 6.00. The molecule has 0 radical (unpaired) electrons. The molecule has 0 aliphatic carbocycles. The van der Waals surface area contributed by atoms with Crippen LogP contribution in [0.4, 0.5) is 5.69 Å². The van der Waals surface area contributed by atoms with Crippen LogP contribution in [0.2, 0.25) is 0 Å². The predicted octanol–water partition coefficient (Wildman–Crippen LogP) is 5.55. The lowest BCUT2D eigenvalue weighted by Crippen LogP contribution is -2.20. The van der Waals surface area contributed by atoms with Crippen molar-refractivity contribution in [3.8, 4) is 11.5 Å². The average molecular weight is 536 g/mol. The second-order valence-corrected chi connectivity index (χ2v) is 9.94. The van der Waals surface area contributed by atoms with E-state index in [1.165, 1.54) is 5.56 Å². The standard InChI is InChI=1S/C33H33N3O4/c1-36(21-23-13-16-29(39-2)30(19-23)40-3)18-17-22-11-14-25(15-12-22)34-31(37)20-24-7-6-9-27-32(24)35-28-10-5-4-8-26(28)33(27)38/h4-16,19H,17-18,20-21H2,1-3H3,(H,34,37)(H,35,38). The van der Waals surface area contributed by atoms with Crippen LogP contribution in [0.5, 0.6) is 11.5 Å². The number of H-pyrrole nitrogens is 1. The Morgan fingerprint density at radius 2 is 1.57 bits per heavy atom. The van der Waals surface area contributed by atoms with Gasteiger partial charge >= 0.3 is 0 Å². The van der Waals surface area contributed by atoms with Crippen LogP contribution in [-0.4, -0.2) is 43.6 Å². The van der Waals surface area contributed by atoms with Gasteiger partial charge in [-0.25, -0.2) is 0 Å². The van der Waals surface area contributed by atoms with E-state index in [4.69, 9.17) is 9.47 Å². The zero-order valence-electron chi connectivity index (χ0n) is 23.0. The van der Waals surface area contributed by atoms with Crippen molar-refractivity contribution in [3.05, 3.63) is 112 Å². The first-order valence-corrected chi connectivity index (χ1v) is 13.3. The van der Waals surface area contributed by atoms with Gasteiger partial charge < -0.3 is 24.7 Å². The summed E-state index contributed by atoms with van der Waals surface area (Å²) in [5, 5.41) is 4.22. The molecule has 1 heterocycles. The number of aromatic amines is 1. The molecule has 4 aromatic carbocycles. The largest absolute Gasteiger partial charge is 0.493 e.